The van der Waals surface area contributed by atoms with E-state index in [9.17, 15) is 4.79 Å². The number of rotatable bonds is 3. The molecule has 0 aliphatic rings. The van der Waals surface area contributed by atoms with Gasteiger partial charge in [0.25, 0.3) is 0 Å². The lowest BCUT2D eigenvalue weighted by Gasteiger charge is -1.96. The molecule has 15 heavy (non-hydrogen) atoms. The van der Waals surface area contributed by atoms with Crippen molar-refractivity contribution >= 4 is 18.0 Å². The number of furan rings is 1. The molecule has 4 nitrogen and oxygen atoms in total. The topological polar surface area (TPSA) is 48.0 Å². The van der Waals surface area contributed by atoms with Gasteiger partial charge < -0.3 is 4.42 Å². The first kappa shape index (κ1) is 10.0. The third kappa shape index (κ3) is 2.12. The molecular weight excluding hydrogens is 212 g/mol. The Morgan fingerprint density at radius 3 is 2.87 bits per heavy atom. The van der Waals surface area contributed by atoms with Crippen molar-refractivity contribution < 1.29 is 9.21 Å². The maximum absolute atomic E-state index is 10.4. The van der Waals surface area contributed by atoms with Gasteiger partial charge in [-0.25, -0.2) is 0 Å². The summed E-state index contributed by atoms with van der Waals surface area (Å²) in [4.78, 5) is 10.4. The molecule has 2 heterocycles. The van der Waals surface area contributed by atoms with Crippen molar-refractivity contribution in [1.82, 2.24) is 9.78 Å². The van der Waals surface area contributed by atoms with Crippen LogP contribution >= 0.6 is 11.8 Å². The molecule has 0 bridgehead atoms. The Morgan fingerprint density at radius 1 is 1.53 bits per heavy atom. The summed E-state index contributed by atoms with van der Waals surface area (Å²) in [6, 6.07) is 5.39. The van der Waals surface area contributed by atoms with Crippen molar-refractivity contribution in [3.05, 3.63) is 29.7 Å². The number of nitrogens with zero attached hydrogens (tertiary/aromatic N) is 2. The largest absolute Gasteiger partial charge is 0.447 e. The lowest BCUT2D eigenvalue weighted by Crippen LogP contribution is -1.91. The van der Waals surface area contributed by atoms with E-state index in [4.69, 9.17) is 4.42 Å². The first-order valence-electron chi connectivity index (χ1n) is 4.42. The third-order valence-corrected chi connectivity index (χ3v) is 2.89. The molecular formula is C10H10N2O2S. The quantitative estimate of drug-likeness (QED) is 0.747. The first-order chi connectivity index (χ1) is 7.19. The molecule has 0 unspecified atom stereocenters. The molecule has 0 saturated heterocycles. The molecule has 78 valence electrons. The monoisotopic (exact) mass is 222 g/mol. The summed E-state index contributed by atoms with van der Waals surface area (Å²) < 4.78 is 7.04. The standard InChI is InChI=1S/C10H10N2O2S/c1-7-5-9(12(2)11-7)15-10-4-3-8(6-13)14-10/h3-6H,1-2H3. The van der Waals surface area contributed by atoms with Gasteiger partial charge in [0.15, 0.2) is 17.1 Å². The Balaban J connectivity index is 2.21. The summed E-state index contributed by atoms with van der Waals surface area (Å²) in [5.74, 6) is 0.344. The fourth-order valence-electron chi connectivity index (χ4n) is 1.24. The maximum Gasteiger partial charge on any atom is 0.185 e. The summed E-state index contributed by atoms with van der Waals surface area (Å²) in [5, 5.41) is 5.90. The zero-order chi connectivity index (χ0) is 10.8. The molecule has 0 aliphatic heterocycles. The smallest absolute Gasteiger partial charge is 0.185 e. The van der Waals surface area contributed by atoms with E-state index in [0.29, 0.717) is 17.1 Å². The number of aldehydes is 1. The highest BCUT2D eigenvalue weighted by atomic mass is 32.2. The number of aryl methyl sites for hydroxylation is 2. The third-order valence-electron chi connectivity index (χ3n) is 1.88. The van der Waals surface area contributed by atoms with E-state index in [-0.39, 0.29) is 0 Å². The molecule has 0 N–H and O–H groups in total. The second-order valence-electron chi connectivity index (χ2n) is 3.12. The van der Waals surface area contributed by atoms with Gasteiger partial charge >= 0.3 is 0 Å². The molecule has 0 spiro atoms. The minimum Gasteiger partial charge on any atom is -0.447 e. The van der Waals surface area contributed by atoms with E-state index in [0.717, 1.165) is 10.7 Å². The van der Waals surface area contributed by atoms with Gasteiger partial charge in [0.1, 0.15) is 5.03 Å². The lowest BCUT2D eigenvalue weighted by molar-refractivity contribution is 0.109. The van der Waals surface area contributed by atoms with Crippen LogP contribution in [0.25, 0.3) is 0 Å². The molecule has 0 radical (unpaired) electrons. The van der Waals surface area contributed by atoms with Gasteiger partial charge in [-0.05, 0) is 36.9 Å². The number of hydrogen-bond donors (Lipinski definition) is 0. The minimum atomic E-state index is 0.344. The van der Waals surface area contributed by atoms with Crippen molar-refractivity contribution in [3.8, 4) is 0 Å². The highest BCUT2D eigenvalue weighted by Crippen LogP contribution is 2.28. The average Bonchev–Trinajstić information content (AvgIpc) is 2.75. The lowest BCUT2D eigenvalue weighted by atomic mass is 10.5. The minimum absolute atomic E-state index is 0.344. The van der Waals surface area contributed by atoms with Crippen molar-refractivity contribution in [2.24, 2.45) is 7.05 Å². The van der Waals surface area contributed by atoms with E-state index in [2.05, 4.69) is 5.10 Å². The van der Waals surface area contributed by atoms with Crippen LogP contribution in [0.3, 0.4) is 0 Å². The SMILES string of the molecule is Cc1cc(Sc2ccc(C=O)o2)n(C)n1. The number of carbonyl (C=O) groups excluding carboxylic acids is 1. The molecule has 0 fully saturated rings. The van der Waals surface area contributed by atoms with E-state index < -0.39 is 0 Å². The molecule has 0 atom stereocenters. The molecule has 0 aliphatic carbocycles. The molecule has 2 aromatic heterocycles. The Kier molecular flexibility index (Phi) is 2.64. The Bertz CT molecular complexity index is 487. The summed E-state index contributed by atoms with van der Waals surface area (Å²) in [5.41, 5.74) is 0.960. The van der Waals surface area contributed by atoms with Crippen LogP contribution in [0.1, 0.15) is 16.2 Å². The van der Waals surface area contributed by atoms with Crippen molar-refractivity contribution in [2.75, 3.05) is 0 Å². The van der Waals surface area contributed by atoms with Crippen LogP contribution in [-0.2, 0) is 7.05 Å². The van der Waals surface area contributed by atoms with Crippen LogP contribution < -0.4 is 0 Å². The van der Waals surface area contributed by atoms with E-state index in [1.54, 1.807) is 16.8 Å². The number of aromatic nitrogens is 2. The molecule has 0 saturated carbocycles. The molecule has 2 aromatic rings. The van der Waals surface area contributed by atoms with Gasteiger partial charge in [0.05, 0.1) is 5.69 Å². The summed E-state index contributed by atoms with van der Waals surface area (Å²) in [6.07, 6.45) is 0.693. The van der Waals surface area contributed by atoms with Gasteiger partial charge in [-0.2, -0.15) is 5.10 Å². The maximum atomic E-state index is 10.4. The highest BCUT2D eigenvalue weighted by Gasteiger charge is 2.07. The first-order valence-corrected chi connectivity index (χ1v) is 5.24. The molecule has 0 amide bonds. The second-order valence-corrected chi connectivity index (χ2v) is 4.15. The van der Waals surface area contributed by atoms with E-state index in [1.807, 2.05) is 20.0 Å². The Morgan fingerprint density at radius 2 is 2.33 bits per heavy atom. The van der Waals surface area contributed by atoms with Crippen LogP contribution in [0.2, 0.25) is 0 Å². The zero-order valence-electron chi connectivity index (χ0n) is 8.43. The fourth-order valence-corrected chi connectivity index (χ4v) is 2.12. The average molecular weight is 222 g/mol. The zero-order valence-corrected chi connectivity index (χ0v) is 9.25. The van der Waals surface area contributed by atoms with E-state index in [1.165, 1.54) is 11.8 Å². The van der Waals surface area contributed by atoms with Gasteiger partial charge in [0, 0.05) is 7.05 Å². The fraction of sp³-hybridized carbons (Fsp3) is 0.200. The molecule has 5 heteroatoms. The molecule has 0 aromatic carbocycles. The van der Waals surface area contributed by atoms with Gasteiger partial charge in [0.2, 0.25) is 0 Å². The highest BCUT2D eigenvalue weighted by molar-refractivity contribution is 7.99. The van der Waals surface area contributed by atoms with Crippen LogP contribution in [0.4, 0.5) is 0 Å². The van der Waals surface area contributed by atoms with Gasteiger partial charge in [-0.1, -0.05) is 0 Å². The summed E-state index contributed by atoms with van der Waals surface area (Å²) in [6.45, 7) is 1.93. The van der Waals surface area contributed by atoms with Crippen LogP contribution in [0.5, 0.6) is 0 Å². The normalized spacial score (nSPS) is 10.5. The van der Waals surface area contributed by atoms with E-state index >= 15 is 0 Å². The Hall–Kier alpha value is -1.49. The summed E-state index contributed by atoms with van der Waals surface area (Å²) in [7, 11) is 1.87. The molecule has 2 rings (SSSR count). The van der Waals surface area contributed by atoms with Gasteiger partial charge in [-0.15, -0.1) is 0 Å². The number of carbonyl (C=O) groups is 1. The predicted octanol–water partition coefficient (Wildman–Crippen LogP) is 2.29. The Labute approximate surface area is 91.3 Å². The predicted molar refractivity (Wildman–Crippen MR) is 56.2 cm³/mol. The van der Waals surface area contributed by atoms with Crippen LogP contribution in [0, 0.1) is 6.92 Å². The number of hydrogen-bond acceptors (Lipinski definition) is 4. The van der Waals surface area contributed by atoms with Crippen LogP contribution in [0.15, 0.2) is 32.7 Å². The van der Waals surface area contributed by atoms with Crippen molar-refractivity contribution in [3.63, 3.8) is 0 Å². The van der Waals surface area contributed by atoms with Crippen molar-refractivity contribution in [1.29, 1.82) is 0 Å². The van der Waals surface area contributed by atoms with Crippen LogP contribution in [-0.4, -0.2) is 16.1 Å². The second kappa shape index (κ2) is 3.94. The summed E-state index contributed by atoms with van der Waals surface area (Å²) >= 11 is 1.45. The van der Waals surface area contributed by atoms with Gasteiger partial charge in [-0.3, -0.25) is 9.48 Å². The van der Waals surface area contributed by atoms with Crippen molar-refractivity contribution in [2.45, 2.75) is 17.0 Å².